The highest BCUT2D eigenvalue weighted by atomic mass is 16.5. The summed E-state index contributed by atoms with van der Waals surface area (Å²) in [6.07, 6.45) is 2.59. The van der Waals surface area contributed by atoms with Crippen molar-refractivity contribution in [3.8, 4) is 5.88 Å². The second-order valence-electron chi connectivity index (χ2n) is 6.53. The minimum absolute atomic E-state index is 0.0993. The lowest BCUT2D eigenvalue weighted by Crippen LogP contribution is -2.55. The number of amides is 1. The molecule has 2 N–H and O–H groups in total. The minimum Gasteiger partial charge on any atom is -0.469 e. The lowest BCUT2D eigenvalue weighted by atomic mass is 10.1. The monoisotopic (exact) mass is 316 g/mol. The molecule has 1 aliphatic heterocycles. The van der Waals surface area contributed by atoms with Gasteiger partial charge in [-0.2, -0.15) is 0 Å². The molecule has 0 bridgehead atoms. The molecule has 2 aromatic rings. The van der Waals surface area contributed by atoms with Crippen LogP contribution in [0.1, 0.15) is 20.8 Å². The fraction of sp³-hybridized carbons (Fsp3) is 0.467. The predicted molar refractivity (Wildman–Crippen MR) is 85.9 cm³/mol. The highest BCUT2D eigenvalue weighted by Gasteiger charge is 2.33. The van der Waals surface area contributed by atoms with Gasteiger partial charge in [-0.1, -0.05) is 6.58 Å². The number of nitrogens with two attached hydrogens (primary N) is 1. The molecule has 8 nitrogen and oxygen atoms in total. The average Bonchev–Trinajstić information content (AvgIpc) is 2.81. The molecule has 0 atom stereocenters. The van der Waals surface area contributed by atoms with Crippen LogP contribution in [0.2, 0.25) is 0 Å². The average molecular weight is 316 g/mol. The smallest absolute Gasteiger partial charge is 0.246 e. The lowest BCUT2D eigenvalue weighted by Gasteiger charge is -2.37. The van der Waals surface area contributed by atoms with E-state index in [1.807, 2.05) is 20.8 Å². The minimum atomic E-state index is -0.273. The molecule has 0 aromatic carbocycles. The maximum Gasteiger partial charge on any atom is 0.246 e. The number of hydrogen-bond donors (Lipinski definition) is 1. The number of nitrogens with zero attached hydrogens (tertiary/aromatic N) is 5. The van der Waals surface area contributed by atoms with E-state index >= 15 is 0 Å². The largest absolute Gasteiger partial charge is 0.469 e. The SMILES string of the molecule is C=CC(=O)N1CC(Oc2nn(C(C)(C)C)c3ncnc(N)c23)C1. The van der Waals surface area contributed by atoms with Gasteiger partial charge in [0, 0.05) is 0 Å². The highest BCUT2D eigenvalue weighted by molar-refractivity contribution is 5.91. The van der Waals surface area contributed by atoms with Gasteiger partial charge in [0.1, 0.15) is 23.6 Å². The standard InChI is InChI=1S/C15H20N6O2/c1-5-10(22)20-6-9(7-20)23-14-11-12(16)17-8-18-13(11)21(19-14)15(2,3)4/h5,8-9H,1,6-7H2,2-4H3,(H2,16,17,18). The zero-order chi connectivity index (χ0) is 16.8. The van der Waals surface area contributed by atoms with Gasteiger partial charge in [-0.05, 0) is 26.8 Å². The van der Waals surface area contributed by atoms with Gasteiger partial charge < -0.3 is 15.4 Å². The van der Waals surface area contributed by atoms with Crippen molar-refractivity contribution in [3.05, 3.63) is 19.0 Å². The Labute approximate surface area is 133 Å². The van der Waals surface area contributed by atoms with E-state index in [1.54, 1.807) is 9.58 Å². The van der Waals surface area contributed by atoms with Gasteiger partial charge in [-0.15, -0.1) is 5.10 Å². The Morgan fingerprint density at radius 3 is 2.74 bits per heavy atom. The number of aromatic nitrogens is 4. The van der Waals surface area contributed by atoms with E-state index in [0.29, 0.717) is 35.8 Å². The van der Waals surface area contributed by atoms with Crippen molar-refractivity contribution < 1.29 is 9.53 Å². The van der Waals surface area contributed by atoms with Crippen LogP contribution in [0.15, 0.2) is 19.0 Å². The molecule has 0 saturated carbocycles. The number of anilines is 1. The van der Waals surface area contributed by atoms with Crippen LogP contribution in [-0.2, 0) is 10.3 Å². The van der Waals surface area contributed by atoms with E-state index in [9.17, 15) is 4.79 Å². The number of carbonyl (C=O) groups excluding carboxylic acids is 1. The molecule has 1 amide bonds. The molecule has 0 aliphatic carbocycles. The number of rotatable bonds is 3. The normalized spacial score (nSPS) is 15.5. The first-order chi connectivity index (χ1) is 10.8. The van der Waals surface area contributed by atoms with Crippen molar-refractivity contribution in [2.75, 3.05) is 18.8 Å². The van der Waals surface area contributed by atoms with Crippen molar-refractivity contribution >= 4 is 22.8 Å². The zero-order valence-corrected chi connectivity index (χ0v) is 13.5. The molecule has 1 fully saturated rings. The number of fused-ring (bicyclic) bond motifs is 1. The molecule has 3 heterocycles. The van der Waals surface area contributed by atoms with Gasteiger partial charge in [0.2, 0.25) is 11.8 Å². The van der Waals surface area contributed by atoms with E-state index in [1.165, 1.54) is 12.4 Å². The van der Waals surface area contributed by atoms with Crippen molar-refractivity contribution in [2.45, 2.75) is 32.4 Å². The molecule has 23 heavy (non-hydrogen) atoms. The van der Waals surface area contributed by atoms with Crippen molar-refractivity contribution in [1.82, 2.24) is 24.6 Å². The summed E-state index contributed by atoms with van der Waals surface area (Å²) in [5, 5.41) is 5.13. The van der Waals surface area contributed by atoms with Crippen molar-refractivity contribution in [2.24, 2.45) is 0 Å². The molecule has 2 aromatic heterocycles. The number of likely N-dealkylation sites (tertiary alicyclic amines) is 1. The molecule has 8 heteroatoms. The van der Waals surface area contributed by atoms with E-state index in [-0.39, 0.29) is 17.6 Å². The molecule has 3 rings (SSSR count). The predicted octanol–water partition coefficient (Wildman–Crippen LogP) is 0.939. The molecule has 0 unspecified atom stereocenters. The molecule has 0 radical (unpaired) electrons. The Morgan fingerprint density at radius 1 is 1.43 bits per heavy atom. The molecular formula is C15H20N6O2. The Hall–Kier alpha value is -2.64. The summed E-state index contributed by atoms with van der Waals surface area (Å²) in [6, 6.07) is 0. The molecule has 1 aliphatic rings. The third kappa shape index (κ3) is 2.60. The Bertz CT molecular complexity index is 770. The third-order valence-electron chi connectivity index (χ3n) is 3.71. The fourth-order valence-electron chi connectivity index (χ4n) is 2.47. The quantitative estimate of drug-likeness (QED) is 0.846. The summed E-state index contributed by atoms with van der Waals surface area (Å²) in [6.45, 7) is 10.5. The first-order valence-corrected chi connectivity index (χ1v) is 7.39. The summed E-state index contributed by atoms with van der Waals surface area (Å²) in [7, 11) is 0. The second kappa shape index (κ2) is 5.22. The fourth-order valence-corrected chi connectivity index (χ4v) is 2.47. The van der Waals surface area contributed by atoms with Gasteiger partial charge in [0.15, 0.2) is 5.65 Å². The number of nitrogen functional groups attached to an aromatic ring is 1. The summed E-state index contributed by atoms with van der Waals surface area (Å²) < 4.78 is 7.70. The van der Waals surface area contributed by atoms with Crippen LogP contribution in [-0.4, -0.2) is 49.7 Å². The van der Waals surface area contributed by atoms with Crippen LogP contribution in [0.3, 0.4) is 0 Å². The summed E-state index contributed by atoms with van der Waals surface area (Å²) in [5.41, 5.74) is 6.35. The van der Waals surface area contributed by atoms with E-state index in [4.69, 9.17) is 10.5 Å². The maximum atomic E-state index is 11.5. The molecular weight excluding hydrogens is 296 g/mol. The van der Waals surface area contributed by atoms with Crippen molar-refractivity contribution in [3.63, 3.8) is 0 Å². The van der Waals surface area contributed by atoms with E-state index in [2.05, 4.69) is 21.6 Å². The summed E-state index contributed by atoms with van der Waals surface area (Å²) >= 11 is 0. The topological polar surface area (TPSA) is 99.2 Å². The van der Waals surface area contributed by atoms with Gasteiger partial charge in [-0.25, -0.2) is 14.6 Å². The number of carbonyl (C=O) groups is 1. The highest BCUT2D eigenvalue weighted by Crippen LogP contribution is 2.32. The maximum absolute atomic E-state index is 11.5. The first kappa shape index (κ1) is 15.3. The van der Waals surface area contributed by atoms with Crippen LogP contribution in [0, 0.1) is 0 Å². The van der Waals surface area contributed by atoms with Gasteiger partial charge in [-0.3, -0.25) is 4.79 Å². The summed E-state index contributed by atoms with van der Waals surface area (Å²) in [4.78, 5) is 21.5. The van der Waals surface area contributed by atoms with Gasteiger partial charge in [0.25, 0.3) is 0 Å². The van der Waals surface area contributed by atoms with Gasteiger partial charge in [0.05, 0.1) is 18.6 Å². The van der Waals surface area contributed by atoms with Crippen LogP contribution in [0.4, 0.5) is 5.82 Å². The first-order valence-electron chi connectivity index (χ1n) is 7.39. The van der Waals surface area contributed by atoms with E-state index in [0.717, 1.165) is 0 Å². The van der Waals surface area contributed by atoms with Crippen LogP contribution >= 0.6 is 0 Å². The Balaban J connectivity index is 1.90. The lowest BCUT2D eigenvalue weighted by molar-refractivity contribution is -0.134. The zero-order valence-electron chi connectivity index (χ0n) is 13.5. The summed E-state index contributed by atoms with van der Waals surface area (Å²) in [5.74, 6) is 0.639. The molecule has 122 valence electrons. The second-order valence-corrected chi connectivity index (χ2v) is 6.53. The van der Waals surface area contributed by atoms with Crippen LogP contribution < -0.4 is 10.5 Å². The van der Waals surface area contributed by atoms with E-state index < -0.39 is 0 Å². The molecule has 0 spiro atoms. The number of hydrogen-bond acceptors (Lipinski definition) is 6. The van der Waals surface area contributed by atoms with Crippen LogP contribution in [0.25, 0.3) is 11.0 Å². The van der Waals surface area contributed by atoms with Crippen molar-refractivity contribution in [1.29, 1.82) is 0 Å². The Morgan fingerprint density at radius 2 is 2.13 bits per heavy atom. The number of ether oxygens (including phenoxy) is 1. The third-order valence-corrected chi connectivity index (χ3v) is 3.71. The Kier molecular flexibility index (Phi) is 3.46. The van der Waals surface area contributed by atoms with Crippen LogP contribution in [0.5, 0.6) is 5.88 Å². The molecule has 1 saturated heterocycles. The van der Waals surface area contributed by atoms with Gasteiger partial charge >= 0.3 is 0 Å².